The van der Waals surface area contributed by atoms with Gasteiger partial charge in [0.2, 0.25) is 11.8 Å². The summed E-state index contributed by atoms with van der Waals surface area (Å²) in [6, 6.07) is 16.3. The van der Waals surface area contributed by atoms with E-state index < -0.39 is 28.5 Å². The van der Waals surface area contributed by atoms with Crippen LogP contribution in [0.1, 0.15) is 44.6 Å². The van der Waals surface area contributed by atoms with Gasteiger partial charge in [0.15, 0.2) is 0 Å². The summed E-state index contributed by atoms with van der Waals surface area (Å²) < 4.78 is 34.5. The number of anilines is 1. The van der Waals surface area contributed by atoms with Gasteiger partial charge in [-0.05, 0) is 67.8 Å². The van der Waals surface area contributed by atoms with Crippen LogP contribution in [0.4, 0.5) is 5.69 Å². The molecule has 8 nitrogen and oxygen atoms in total. The van der Waals surface area contributed by atoms with Crippen LogP contribution in [0.5, 0.6) is 5.75 Å². The minimum Gasteiger partial charge on any atom is -0.495 e. The first-order valence-electron chi connectivity index (χ1n) is 14.0. The van der Waals surface area contributed by atoms with Crippen molar-refractivity contribution in [3.8, 4) is 5.75 Å². The lowest BCUT2D eigenvalue weighted by atomic mass is 9.95. The lowest BCUT2D eigenvalue weighted by Gasteiger charge is -2.33. The van der Waals surface area contributed by atoms with Gasteiger partial charge >= 0.3 is 0 Å². The molecule has 0 spiro atoms. The average Bonchev–Trinajstić information content (AvgIpc) is 3.00. The van der Waals surface area contributed by atoms with E-state index in [-0.39, 0.29) is 39.8 Å². The third kappa shape index (κ3) is 8.15. The summed E-state index contributed by atoms with van der Waals surface area (Å²) in [4.78, 5) is 29.0. The molecule has 4 rings (SSSR count). The predicted octanol–water partition coefficient (Wildman–Crippen LogP) is 6.72. The summed E-state index contributed by atoms with van der Waals surface area (Å²) in [5.74, 6) is -0.729. The largest absolute Gasteiger partial charge is 0.495 e. The molecule has 2 amide bonds. The van der Waals surface area contributed by atoms with E-state index in [2.05, 4.69) is 5.32 Å². The topological polar surface area (TPSA) is 96.0 Å². The van der Waals surface area contributed by atoms with E-state index in [0.717, 1.165) is 36.4 Å². The number of nitrogens with one attached hydrogen (secondary N) is 1. The van der Waals surface area contributed by atoms with Gasteiger partial charge in [-0.2, -0.15) is 0 Å². The van der Waals surface area contributed by atoms with Crippen molar-refractivity contribution >= 4 is 62.3 Å². The summed E-state index contributed by atoms with van der Waals surface area (Å²) in [5, 5.41) is 3.97. The molecule has 1 fully saturated rings. The molecule has 0 heterocycles. The highest BCUT2D eigenvalue weighted by Crippen LogP contribution is 2.35. The van der Waals surface area contributed by atoms with Gasteiger partial charge in [0.1, 0.15) is 18.3 Å². The SMILES string of the molecule is COc1ccc(Cl)cc1N(CC(=O)N(Cc1ccc(Cl)c(Cl)c1)[C@@H](C)C(=O)NC1CCCCC1)S(=O)(=O)c1ccccc1. The first-order chi connectivity index (χ1) is 20.5. The second-order valence-corrected chi connectivity index (χ2v) is 13.5. The maximum atomic E-state index is 14.2. The van der Waals surface area contributed by atoms with Crippen LogP contribution < -0.4 is 14.4 Å². The van der Waals surface area contributed by atoms with Gasteiger partial charge in [-0.3, -0.25) is 13.9 Å². The van der Waals surface area contributed by atoms with E-state index in [0.29, 0.717) is 15.6 Å². The van der Waals surface area contributed by atoms with Gasteiger partial charge in [0.05, 0.1) is 27.7 Å². The first kappa shape index (κ1) is 32.9. The zero-order valence-corrected chi connectivity index (χ0v) is 27.0. The minimum atomic E-state index is -4.28. The number of sulfonamides is 1. The predicted molar refractivity (Wildman–Crippen MR) is 170 cm³/mol. The molecule has 1 atom stereocenters. The maximum absolute atomic E-state index is 14.2. The number of benzene rings is 3. The van der Waals surface area contributed by atoms with Crippen molar-refractivity contribution in [2.75, 3.05) is 18.0 Å². The lowest BCUT2D eigenvalue weighted by Crippen LogP contribution is -2.53. The molecule has 12 heteroatoms. The number of ether oxygens (including phenoxy) is 1. The summed E-state index contributed by atoms with van der Waals surface area (Å²) in [6.45, 7) is 0.987. The van der Waals surface area contributed by atoms with Gasteiger partial charge in [0, 0.05) is 17.6 Å². The maximum Gasteiger partial charge on any atom is 0.264 e. The zero-order chi connectivity index (χ0) is 31.1. The van der Waals surface area contributed by atoms with Crippen molar-refractivity contribution < 1.29 is 22.7 Å². The molecule has 3 aromatic carbocycles. The Morgan fingerprint density at radius 2 is 1.65 bits per heavy atom. The molecule has 0 aliphatic heterocycles. The Balaban J connectivity index is 1.73. The molecule has 1 aliphatic rings. The van der Waals surface area contributed by atoms with Crippen molar-refractivity contribution in [3.05, 3.63) is 87.4 Å². The number of nitrogens with zero attached hydrogens (tertiary/aromatic N) is 2. The molecule has 0 aromatic heterocycles. The minimum absolute atomic E-state index is 0.0130. The fraction of sp³-hybridized carbons (Fsp3) is 0.355. The average molecular weight is 667 g/mol. The molecule has 1 aliphatic carbocycles. The van der Waals surface area contributed by atoms with Crippen molar-refractivity contribution in [2.24, 2.45) is 0 Å². The van der Waals surface area contributed by atoms with Gasteiger partial charge in [0.25, 0.3) is 10.0 Å². The van der Waals surface area contributed by atoms with Crippen LogP contribution in [0.2, 0.25) is 15.1 Å². The lowest BCUT2D eigenvalue weighted by molar-refractivity contribution is -0.139. The monoisotopic (exact) mass is 665 g/mol. The molecule has 1 N–H and O–H groups in total. The van der Waals surface area contributed by atoms with Crippen molar-refractivity contribution in [1.82, 2.24) is 10.2 Å². The van der Waals surface area contributed by atoms with Gasteiger partial charge in [-0.15, -0.1) is 0 Å². The summed E-state index contributed by atoms with van der Waals surface area (Å²) in [5.41, 5.74) is 0.707. The Hall–Kier alpha value is -2.98. The summed E-state index contributed by atoms with van der Waals surface area (Å²) >= 11 is 18.7. The van der Waals surface area contributed by atoms with Crippen LogP contribution in [0.3, 0.4) is 0 Å². The number of hydrogen-bond acceptors (Lipinski definition) is 5. The molecule has 1 saturated carbocycles. The summed E-state index contributed by atoms with van der Waals surface area (Å²) in [7, 11) is -2.88. The van der Waals surface area contributed by atoms with Crippen molar-refractivity contribution in [1.29, 1.82) is 0 Å². The van der Waals surface area contributed by atoms with Crippen LogP contribution in [-0.4, -0.2) is 50.9 Å². The van der Waals surface area contributed by atoms with E-state index in [9.17, 15) is 18.0 Å². The molecule has 230 valence electrons. The van der Waals surface area contributed by atoms with Crippen molar-refractivity contribution in [3.63, 3.8) is 0 Å². The van der Waals surface area contributed by atoms with Gasteiger partial charge < -0.3 is 15.0 Å². The molecular weight excluding hydrogens is 633 g/mol. The standard InChI is InChI=1S/C31H34Cl3N3O5S/c1-21(31(39)35-24-9-5-3-6-10-24)36(19-22-13-15-26(33)27(34)17-22)30(38)20-37(28-18-23(32)14-16-29(28)42-2)43(40,41)25-11-7-4-8-12-25/h4,7-8,11-18,21,24H,3,5-6,9-10,19-20H2,1-2H3,(H,35,39)/t21-/m0/s1. The van der Waals surface area contributed by atoms with E-state index in [1.165, 1.54) is 36.3 Å². The van der Waals surface area contributed by atoms with Crippen LogP contribution in [0, 0.1) is 0 Å². The first-order valence-corrected chi connectivity index (χ1v) is 16.5. The Labute approximate surface area is 267 Å². The second kappa shape index (κ2) is 14.7. The van der Waals surface area contributed by atoms with E-state index in [4.69, 9.17) is 39.5 Å². The number of carbonyl (C=O) groups excluding carboxylic acids is 2. The van der Waals surface area contributed by atoms with Crippen molar-refractivity contribution in [2.45, 2.75) is 62.6 Å². The molecule has 3 aromatic rings. The quantitative estimate of drug-likeness (QED) is 0.245. The van der Waals surface area contributed by atoms with E-state index in [1.54, 1.807) is 49.4 Å². The van der Waals surface area contributed by atoms with Gasteiger partial charge in [-0.1, -0.05) is 78.3 Å². The third-order valence-corrected chi connectivity index (χ3v) is 10.2. The smallest absolute Gasteiger partial charge is 0.264 e. The van der Waals surface area contributed by atoms with Crippen LogP contribution in [0.15, 0.2) is 71.6 Å². The number of amides is 2. The summed E-state index contributed by atoms with van der Waals surface area (Å²) in [6.07, 6.45) is 4.92. The highest BCUT2D eigenvalue weighted by atomic mass is 35.5. The van der Waals surface area contributed by atoms with Crippen LogP contribution in [0.25, 0.3) is 0 Å². The molecule has 0 radical (unpaired) electrons. The number of carbonyl (C=O) groups is 2. The fourth-order valence-electron chi connectivity index (χ4n) is 5.08. The Morgan fingerprint density at radius 1 is 0.953 bits per heavy atom. The molecule has 0 unspecified atom stereocenters. The fourth-order valence-corrected chi connectivity index (χ4v) is 7.00. The third-order valence-electron chi connectivity index (χ3n) is 7.48. The number of rotatable bonds is 11. The Morgan fingerprint density at radius 3 is 2.30 bits per heavy atom. The second-order valence-electron chi connectivity index (χ2n) is 10.4. The highest BCUT2D eigenvalue weighted by Gasteiger charge is 2.34. The van der Waals surface area contributed by atoms with E-state index in [1.807, 2.05) is 0 Å². The molecule has 0 saturated heterocycles. The normalized spacial score (nSPS) is 14.5. The number of halogens is 3. The Bertz CT molecular complexity index is 1550. The zero-order valence-electron chi connectivity index (χ0n) is 23.9. The Kier molecular flexibility index (Phi) is 11.2. The highest BCUT2D eigenvalue weighted by molar-refractivity contribution is 7.92. The molecular formula is C31H34Cl3N3O5S. The van der Waals surface area contributed by atoms with Gasteiger partial charge in [-0.25, -0.2) is 8.42 Å². The number of hydrogen-bond donors (Lipinski definition) is 1. The van der Waals surface area contributed by atoms with Crippen LogP contribution >= 0.6 is 34.8 Å². The number of methoxy groups -OCH3 is 1. The molecule has 0 bridgehead atoms. The molecule has 43 heavy (non-hydrogen) atoms. The van der Waals surface area contributed by atoms with Crippen LogP contribution in [-0.2, 0) is 26.2 Å². The van der Waals surface area contributed by atoms with E-state index >= 15 is 0 Å².